The molecule has 4 heterocycles. The number of fused-ring (bicyclic) bond motifs is 2. The van der Waals surface area contributed by atoms with Gasteiger partial charge in [-0.3, -0.25) is 8.78 Å². The van der Waals surface area contributed by atoms with Crippen LogP contribution in [-0.2, 0) is 13.0 Å². The van der Waals surface area contributed by atoms with Gasteiger partial charge in [0.05, 0.1) is 38.1 Å². The summed E-state index contributed by atoms with van der Waals surface area (Å²) in [5.41, 5.74) is 2.25. The first-order valence-electron chi connectivity index (χ1n) is 14.1. The average molecular weight is 548 g/mol. The fraction of sp³-hybridized carbons (Fsp3) is 0.500. The van der Waals surface area contributed by atoms with E-state index in [2.05, 4.69) is 69.0 Å². The summed E-state index contributed by atoms with van der Waals surface area (Å²) in [6.07, 6.45) is 1.60. The Morgan fingerprint density at radius 1 is 1.02 bits per heavy atom. The van der Waals surface area contributed by atoms with Gasteiger partial charge < -0.3 is 25.2 Å². The second-order valence-corrected chi connectivity index (χ2v) is 11.2. The third-order valence-corrected chi connectivity index (χ3v) is 8.45. The van der Waals surface area contributed by atoms with E-state index in [9.17, 15) is 14.0 Å². The van der Waals surface area contributed by atoms with E-state index < -0.39 is 18.8 Å². The van der Waals surface area contributed by atoms with Crippen LogP contribution in [0.4, 0.5) is 20.3 Å². The largest absolute Gasteiger partial charge is 0.462 e. The van der Waals surface area contributed by atoms with E-state index in [0.717, 1.165) is 43.1 Å². The van der Waals surface area contributed by atoms with Crippen molar-refractivity contribution in [3.05, 3.63) is 53.7 Å². The Morgan fingerprint density at radius 2 is 1.88 bits per heavy atom. The monoisotopic (exact) mass is 547 g/mol. The summed E-state index contributed by atoms with van der Waals surface area (Å²) in [7, 11) is 0. The topological polar surface area (TPSA) is 89.3 Å². The highest BCUT2D eigenvalue weighted by Crippen LogP contribution is 2.35. The summed E-state index contributed by atoms with van der Waals surface area (Å²) in [5.74, 6) is 0.864. The van der Waals surface area contributed by atoms with Crippen molar-refractivity contribution in [3.8, 4) is 12.1 Å². The molecule has 0 radical (unpaired) electrons. The predicted octanol–water partition coefficient (Wildman–Crippen LogP) is 3.55. The molecule has 2 N–H and O–H groups in total. The van der Waals surface area contributed by atoms with Crippen LogP contribution >= 0.6 is 0 Å². The molecule has 210 valence electrons. The van der Waals surface area contributed by atoms with E-state index in [1.165, 1.54) is 16.5 Å². The van der Waals surface area contributed by atoms with Gasteiger partial charge >= 0.3 is 6.01 Å². The number of halogens is 2. The molecule has 2 fully saturated rings. The molecule has 8 nitrogen and oxygen atoms in total. The molecule has 0 unspecified atom stereocenters. The Morgan fingerprint density at radius 3 is 2.70 bits per heavy atom. The fourth-order valence-corrected chi connectivity index (χ4v) is 6.23. The fourth-order valence-electron chi connectivity index (χ4n) is 6.23. The van der Waals surface area contributed by atoms with Crippen LogP contribution < -0.4 is 25.2 Å². The van der Waals surface area contributed by atoms with Gasteiger partial charge in [0.15, 0.2) is 0 Å². The highest BCUT2D eigenvalue weighted by Gasteiger charge is 2.40. The molecule has 0 spiro atoms. The first-order valence-corrected chi connectivity index (χ1v) is 14.1. The molecule has 2 aromatic carbocycles. The molecule has 3 aliphatic heterocycles. The maximum Gasteiger partial charge on any atom is 0.318 e. The van der Waals surface area contributed by atoms with Crippen molar-refractivity contribution in [1.29, 1.82) is 5.26 Å². The van der Waals surface area contributed by atoms with Crippen LogP contribution in [0.25, 0.3) is 10.8 Å². The van der Waals surface area contributed by atoms with Crippen LogP contribution in [0.3, 0.4) is 0 Å². The number of nitrogens with one attached hydrogen (secondary N) is 2. The molecular formula is C30H35F2N7O. The molecule has 10 heteroatoms. The number of hydrogen-bond acceptors (Lipinski definition) is 8. The molecule has 2 saturated heterocycles. The van der Waals surface area contributed by atoms with E-state index >= 15 is 0 Å². The number of benzene rings is 2. The lowest BCUT2D eigenvalue weighted by atomic mass is 9.89. The minimum absolute atomic E-state index is 0.0710. The van der Waals surface area contributed by atoms with Crippen molar-refractivity contribution in [1.82, 2.24) is 20.6 Å². The number of ether oxygens (including phenoxy) is 1. The van der Waals surface area contributed by atoms with Crippen LogP contribution in [-0.4, -0.2) is 74.7 Å². The Bertz CT molecular complexity index is 1390. The van der Waals surface area contributed by atoms with Gasteiger partial charge in [-0.25, -0.2) is 0 Å². The maximum atomic E-state index is 13.5. The molecule has 6 rings (SSSR count). The summed E-state index contributed by atoms with van der Waals surface area (Å²) in [5, 5.41) is 18.3. The van der Waals surface area contributed by atoms with Crippen LogP contribution in [0.1, 0.15) is 24.1 Å². The highest BCUT2D eigenvalue weighted by molar-refractivity contribution is 5.94. The van der Waals surface area contributed by atoms with Gasteiger partial charge in [-0.1, -0.05) is 36.4 Å². The number of nitriles is 1. The quantitative estimate of drug-likeness (QED) is 0.443. The van der Waals surface area contributed by atoms with Gasteiger partial charge in [0.25, 0.3) is 0 Å². The zero-order chi connectivity index (χ0) is 27.5. The standard InChI is InChI=1S/C30H35F2N7O/c31-18-30(19-32)14-23(35-20-30)17-40-29-36-26-16-38(27-7-3-5-21-4-1-2-6-24(21)27)12-9-25(26)28(37-29)39-13-11-34-22(15-39)8-10-33/h1-7,22-23,34-35H,8-9,11-20H2/t22-,23-/m0/s1. The molecule has 3 aromatic rings. The van der Waals surface area contributed by atoms with Crippen LogP contribution in [0.5, 0.6) is 6.01 Å². The SMILES string of the molecule is N#CC[C@H]1CN(c2nc(OC[C@@H]3CC(CF)(CF)CN3)nc3c2CCN(c2cccc4ccccc24)C3)CCN1. The third kappa shape index (κ3) is 5.28. The van der Waals surface area contributed by atoms with E-state index in [1.807, 2.05) is 0 Å². The number of aromatic nitrogens is 2. The molecule has 0 amide bonds. The normalized spacial score (nSPS) is 22.2. The first kappa shape index (κ1) is 26.7. The number of nitrogens with zero attached hydrogens (tertiary/aromatic N) is 5. The Kier molecular flexibility index (Phi) is 7.67. The molecule has 0 bridgehead atoms. The minimum Gasteiger partial charge on any atom is -0.462 e. The summed E-state index contributed by atoms with van der Waals surface area (Å²) >= 11 is 0. The van der Waals surface area contributed by atoms with Gasteiger partial charge in [-0.2, -0.15) is 15.2 Å². The molecular weight excluding hydrogens is 512 g/mol. The number of hydrogen-bond donors (Lipinski definition) is 2. The predicted molar refractivity (Wildman–Crippen MR) is 151 cm³/mol. The summed E-state index contributed by atoms with van der Waals surface area (Å²) in [6, 6.07) is 17.2. The zero-order valence-corrected chi connectivity index (χ0v) is 22.6. The summed E-state index contributed by atoms with van der Waals surface area (Å²) in [6.45, 7) is 2.84. The van der Waals surface area contributed by atoms with Crippen LogP contribution in [0.15, 0.2) is 42.5 Å². The number of piperazine rings is 1. The zero-order valence-electron chi connectivity index (χ0n) is 22.6. The van der Waals surface area contributed by atoms with Crippen molar-refractivity contribution in [3.63, 3.8) is 0 Å². The highest BCUT2D eigenvalue weighted by atomic mass is 19.1. The van der Waals surface area contributed by atoms with Crippen molar-refractivity contribution in [2.45, 2.75) is 37.9 Å². The molecule has 0 aliphatic carbocycles. The van der Waals surface area contributed by atoms with E-state index in [1.54, 1.807) is 0 Å². The lowest BCUT2D eigenvalue weighted by Gasteiger charge is -2.37. The van der Waals surface area contributed by atoms with Crippen molar-refractivity contribution >= 4 is 22.3 Å². The smallest absolute Gasteiger partial charge is 0.318 e. The van der Waals surface area contributed by atoms with Gasteiger partial charge in [0.2, 0.25) is 0 Å². The number of alkyl halides is 2. The van der Waals surface area contributed by atoms with Crippen LogP contribution in [0.2, 0.25) is 0 Å². The van der Waals surface area contributed by atoms with Gasteiger partial charge in [0.1, 0.15) is 12.4 Å². The van der Waals surface area contributed by atoms with Gasteiger partial charge in [-0.05, 0) is 24.3 Å². The van der Waals surface area contributed by atoms with Crippen molar-refractivity contribution in [2.24, 2.45) is 5.41 Å². The van der Waals surface area contributed by atoms with E-state index in [-0.39, 0.29) is 24.7 Å². The number of anilines is 2. The third-order valence-electron chi connectivity index (χ3n) is 8.45. The second kappa shape index (κ2) is 11.5. The number of rotatable bonds is 8. The molecule has 0 saturated carbocycles. The first-order chi connectivity index (χ1) is 19.6. The van der Waals surface area contributed by atoms with Gasteiger partial charge in [0, 0.05) is 66.9 Å². The van der Waals surface area contributed by atoms with Crippen molar-refractivity contribution in [2.75, 3.05) is 62.5 Å². The Labute approximate surface area is 233 Å². The summed E-state index contributed by atoms with van der Waals surface area (Å²) < 4.78 is 33.1. The summed E-state index contributed by atoms with van der Waals surface area (Å²) in [4.78, 5) is 14.3. The second-order valence-electron chi connectivity index (χ2n) is 11.2. The van der Waals surface area contributed by atoms with Crippen LogP contribution in [0, 0.1) is 16.7 Å². The molecule has 2 atom stereocenters. The van der Waals surface area contributed by atoms with E-state index in [4.69, 9.17) is 14.7 Å². The van der Waals surface area contributed by atoms with Gasteiger partial charge in [-0.15, -0.1) is 0 Å². The molecule has 1 aromatic heterocycles. The minimum atomic E-state index is -0.967. The van der Waals surface area contributed by atoms with E-state index in [0.29, 0.717) is 32.5 Å². The van der Waals surface area contributed by atoms with Crippen molar-refractivity contribution < 1.29 is 13.5 Å². The lowest BCUT2D eigenvalue weighted by molar-refractivity contribution is 0.165. The Hall–Kier alpha value is -3.55. The molecule has 3 aliphatic rings. The maximum absolute atomic E-state index is 13.5. The molecule has 40 heavy (non-hydrogen) atoms. The Balaban J connectivity index is 1.29. The lowest BCUT2D eigenvalue weighted by Crippen LogP contribution is -2.51. The average Bonchev–Trinajstić information content (AvgIpc) is 3.43.